The first-order valence-electron chi connectivity index (χ1n) is 6.95. The summed E-state index contributed by atoms with van der Waals surface area (Å²) in [7, 11) is -0.249. The van der Waals surface area contributed by atoms with Gasteiger partial charge in [0, 0.05) is 19.5 Å². The minimum absolute atomic E-state index is 0.238. The molecule has 0 aliphatic carbocycles. The van der Waals surface area contributed by atoms with Crippen LogP contribution in [0.3, 0.4) is 0 Å². The molecule has 0 aromatic heterocycles. The van der Waals surface area contributed by atoms with E-state index in [1.54, 1.807) is 0 Å². The van der Waals surface area contributed by atoms with Gasteiger partial charge in [-0.3, -0.25) is 4.79 Å². The van der Waals surface area contributed by atoms with Crippen molar-refractivity contribution in [2.24, 2.45) is 0 Å². The summed E-state index contributed by atoms with van der Waals surface area (Å²) < 4.78 is 11.8. The van der Waals surface area contributed by atoms with Gasteiger partial charge in [-0.05, 0) is 46.9 Å². The van der Waals surface area contributed by atoms with Crippen LogP contribution in [0.2, 0.25) is 6.32 Å². The monoisotopic (exact) mass is 253 g/mol. The van der Waals surface area contributed by atoms with Gasteiger partial charge >= 0.3 is 7.12 Å². The Balaban J connectivity index is 1.80. The largest absolute Gasteiger partial charge is 0.458 e. The van der Waals surface area contributed by atoms with E-state index in [4.69, 9.17) is 9.31 Å². The molecule has 0 saturated carbocycles. The Hall–Kier alpha value is -0.545. The third-order valence-corrected chi connectivity index (χ3v) is 4.35. The van der Waals surface area contributed by atoms with Crippen molar-refractivity contribution in [3.63, 3.8) is 0 Å². The molecule has 0 unspecified atom stereocenters. The summed E-state index contributed by atoms with van der Waals surface area (Å²) in [6.45, 7) is 9.99. The zero-order chi connectivity index (χ0) is 13.4. The van der Waals surface area contributed by atoms with Gasteiger partial charge in [-0.25, -0.2) is 0 Å². The fourth-order valence-corrected chi connectivity index (χ4v) is 2.45. The molecule has 0 aromatic rings. The summed E-state index contributed by atoms with van der Waals surface area (Å²) in [5.41, 5.74) is -0.595. The predicted octanol–water partition coefficient (Wildman–Crippen LogP) is 2.09. The highest BCUT2D eigenvalue weighted by molar-refractivity contribution is 6.45. The standard InChI is InChI=1S/C13H24BNO3/c1-12(2)13(3,4)18-14(17-12)8-7-11(16)15-9-5-6-10-15/h5-10H2,1-4H3. The van der Waals surface area contributed by atoms with Gasteiger partial charge in [-0.2, -0.15) is 0 Å². The molecule has 2 saturated heterocycles. The van der Waals surface area contributed by atoms with Gasteiger partial charge in [-0.1, -0.05) is 0 Å². The van der Waals surface area contributed by atoms with Crippen molar-refractivity contribution in [2.45, 2.75) is 64.5 Å². The lowest BCUT2D eigenvalue weighted by Gasteiger charge is -2.32. The number of likely N-dealkylation sites (tertiary alicyclic amines) is 1. The lowest BCUT2D eigenvalue weighted by atomic mass is 9.83. The van der Waals surface area contributed by atoms with Crippen molar-refractivity contribution in [3.8, 4) is 0 Å². The van der Waals surface area contributed by atoms with E-state index < -0.39 is 0 Å². The molecule has 2 heterocycles. The molecule has 2 rings (SSSR count). The Bertz CT molecular complexity index is 308. The van der Waals surface area contributed by atoms with E-state index in [1.165, 1.54) is 0 Å². The Labute approximate surface area is 110 Å². The molecule has 0 atom stereocenters. The summed E-state index contributed by atoms with van der Waals surface area (Å²) in [6.07, 6.45) is 3.46. The van der Waals surface area contributed by atoms with Crippen LogP contribution in [-0.4, -0.2) is 42.2 Å². The van der Waals surface area contributed by atoms with Crippen molar-refractivity contribution in [2.75, 3.05) is 13.1 Å². The van der Waals surface area contributed by atoms with Crippen LogP contribution >= 0.6 is 0 Å². The maximum atomic E-state index is 11.9. The predicted molar refractivity (Wildman–Crippen MR) is 71.3 cm³/mol. The number of hydrogen-bond donors (Lipinski definition) is 0. The Morgan fingerprint density at radius 1 is 1.11 bits per heavy atom. The molecule has 1 amide bonds. The van der Waals surface area contributed by atoms with Crippen LogP contribution in [0.15, 0.2) is 0 Å². The number of rotatable bonds is 3. The minimum Gasteiger partial charge on any atom is -0.403 e. The second-order valence-electron chi connectivity index (χ2n) is 6.31. The third kappa shape index (κ3) is 2.72. The Morgan fingerprint density at radius 2 is 1.61 bits per heavy atom. The van der Waals surface area contributed by atoms with Crippen LogP contribution in [0.1, 0.15) is 47.0 Å². The van der Waals surface area contributed by atoms with E-state index in [1.807, 2.05) is 32.6 Å². The van der Waals surface area contributed by atoms with Gasteiger partial charge in [0.25, 0.3) is 0 Å². The van der Waals surface area contributed by atoms with Crippen LogP contribution < -0.4 is 0 Å². The topological polar surface area (TPSA) is 38.8 Å². The first kappa shape index (κ1) is 13.9. The number of hydrogen-bond acceptors (Lipinski definition) is 3. The Kier molecular flexibility index (Phi) is 3.74. The van der Waals surface area contributed by atoms with Crippen molar-refractivity contribution < 1.29 is 14.1 Å². The summed E-state index contributed by atoms with van der Waals surface area (Å²) in [6, 6.07) is 0. The van der Waals surface area contributed by atoms with Crippen molar-refractivity contribution in [3.05, 3.63) is 0 Å². The highest BCUT2D eigenvalue weighted by atomic mass is 16.7. The zero-order valence-electron chi connectivity index (χ0n) is 12.0. The van der Waals surface area contributed by atoms with E-state index >= 15 is 0 Å². The molecule has 18 heavy (non-hydrogen) atoms. The summed E-state index contributed by atoms with van der Waals surface area (Å²) >= 11 is 0. The van der Waals surface area contributed by atoms with Gasteiger partial charge in [0.2, 0.25) is 5.91 Å². The number of carbonyl (C=O) groups excluding carboxylic acids is 1. The van der Waals surface area contributed by atoms with E-state index in [9.17, 15) is 4.79 Å². The highest BCUT2D eigenvalue weighted by Crippen LogP contribution is 2.38. The maximum absolute atomic E-state index is 11.9. The van der Waals surface area contributed by atoms with E-state index in [0.717, 1.165) is 25.9 Å². The molecule has 5 heteroatoms. The molecule has 0 N–H and O–H groups in total. The van der Waals surface area contributed by atoms with Gasteiger partial charge in [-0.15, -0.1) is 0 Å². The highest BCUT2D eigenvalue weighted by Gasteiger charge is 2.50. The number of amides is 1. The summed E-state index contributed by atoms with van der Waals surface area (Å²) in [5.74, 6) is 0.238. The zero-order valence-corrected chi connectivity index (χ0v) is 12.0. The van der Waals surface area contributed by atoms with Gasteiger partial charge in [0.1, 0.15) is 0 Å². The SMILES string of the molecule is CC1(C)OB(CCC(=O)N2CCCC2)OC1(C)C. The van der Waals surface area contributed by atoms with Crippen molar-refractivity contribution >= 4 is 13.0 Å². The summed E-state index contributed by atoms with van der Waals surface area (Å²) in [5, 5.41) is 0. The number of nitrogens with zero attached hydrogens (tertiary/aromatic N) is 1. The minimum atomic E-state index is -0.297. The molecule has 0 aromatic carbocycles. The van der Waals surface area contributed by atoms with E-state index in [0.29, 0.717) is 12.7 Å². The number of carbonyl (C=O) groups is 1. The van der Waals surface area contributed by atoms with Gasteiger partial charge < -0.3 is 14.2 Å². The van der Waals surface area contributed by atoms with Crippen LogP contribution in [0, 0.1) is 0 Å². The molecule has 0 radical (unpaired) electrons. The molecule has 0 bridgehead atoms. The third-order valence-electron chi connectivity index (χ3n) is 4.35. The molecular weight excluding hydrogens is 229 g/mol. The average molecular weight is 253 g/mol. The fraction of sp³-hybridized carbons (Fsp3) is 0.923. The van der Waals surface area contributed by atoms with Gasteiger partial charge in [0.15, 0.2) is 0 Å². The molecule has 102 valence electrons. The van der Waals surface area contributed by atoms with Gasteiger partial charge in [0.05, 0.1) is 11.2 Å². The molecule has 2 aliphatic heterocycles. The van der Waals surface area contributed by atoms with Crippen molar-refractivity contribution in [1.29, 1.82) is 0 Å². The lowest BCUT2D eigenvalue weighted by Crippen LogP contribution is -2.41. The quantitative estimate of drug-likeness (QED) is 0.723. The summed E-state index contributed by atoms with van der Waals surface area (Å²) in [4.78, 5) is 13.9. The second-order valence-corrected chi connectivity index (χ2v) is 6.31. The average Bonchev–Trinajstić information content (AvgIpc) is 2.83. The molecule has 0 spiro atoms. The van der Waals surface area contributed by atoms with Crippen molar-refractivity contribution in [1.82, 2.24) is 4.90 Å². The molecule has 2 aliphatic rings. The fourth-order valence-electron chi connectivity index (χ4n) is 2.45. The van der Waals surface area contributed by atoms with E-state index in [2.05, 4.69) is 0 Å². The smallest absolute Gasteiger partial charge is 0.403 e. The first-order valence-corrected chi connectivity index (χ1v) is 6.95. The molecule has 4 nitrogen and oxygen atoms in total. The second kappa shape index (κ2) is 4.85. The maximum Gasteiger partial charge on any atom is 0.458 e. The van der Waals surface area contributed by atoms with E-state index in [-0.39, 0.29) is 24.2 Å². The first-order chi connectivity index (χ1) is 8.32. The van der Waals surface area contributed by atoms with Crippen LogP contribution in [-0.2, 0) is 14.1 Å². The van der Waals surface area contributed by atoms with Crippen LogP contribution in [0.4, 0.5) is 0 Å². The van der Waals surface area contributed by atoms with Crippen LogP contribution in [0.5, 0.6) is 0 Å². The van der Waals surface area contributed by atoms with Crippen LogP contribution in [0.25, 0.3) is 0 Å². The Morgan fingerprint density at radius 3 is 2.11 bits per heavy atom. The lowest BCUT2D eigenvalue weighted by molar-refractivity contribution is -0.129. The molecular formula is C13H24BNO3. The normalized spacial score (nSPS) is 25.8. The molecule has 2 fully saturated rings.